The largest absolute Gasteiger partial charge is 0.324 e. The van der Waals surface area contributed by atoms with Gasteiger partial charge in [-0.15, -0.1) is 11.6 Å². The molecular weight excluding hydrogens is 390 g/mol. The van der Waals surface area contributed by atoms with Gasteiger partial charge in [-0.2, -0.15) is 0 Å². The zero-order valence-corrected chi connectivity index (χ0v) is 14.9. The number of fused-ring (bicyclic) bond motifs is 1. The van der Waals surface area contributed by atoms with Crippen LogP contribution in [0.1, 0.15) is 57.3 Å². The molecule has 0 saturated carbocycles. The van der Waals surface area contributed by atoms with Crippen LogP contribution in [-0.2, 0) is 0 Å². The zero-order chi connectivity index (χ0) is 14.9. The second-order valence-electron chi connectivity index (χ2n) is 5.06. The minimum absolute atomic E-state index is 0.186. The summed E-state index contributed by atoms with van der Waals surface area (Å²) in [5, 5.41) is -0.186. The average molecular weight is 409 g/mol. The van der Waals surface area contributed by atoms with Crippen LogP contribution in [0.25, 0.3) is 11.0 Å². The topological polar surface area (TPSA) is 17.8 Å². The number of aromatic nitrogens is 2. The molecule has 0 bridgehead atoms. The van der Waals surface area contributed by atoms with E-state index < -0.39 is 0 Å². The molecule has 0 saturated heterocycles. The predicted octanol–water partition coefficient (Wildman–Crippen LogP) is 5.83. The predicted molar refractivity (Wildman–Crippen MR) is 90.9 cm³/mol. The third-order valence-electron chi connectivity index (χ3n) is 3.57. The van der Waals surface area contributed by atoms with Crippen molar-refractivity contribution in [2.75, 3.05) is 0 Å². The van der Waals surface area contributed by atoms with Crippen molar-refractivity contribution in [1.82, 2.24) is 9.55 Å². The second-order valence-corrected chi connectivity index (χ2v) is 6.88. The van der Waals surface area contributed by atoms with Gasteiger partial charge in [-0.05, 0) is 48.4 Å². The van der Waals surface area contributed by atoms with Gasteiger partial charge < -0.3 is 4.57 Å². The maximum atomic E-state index is 13.9. The Balaban J connectivity index is 2.70. The van der Waals surface area contributed by atoms with E-state index in [1.165, 1.54) is 0 Å². The summed E-state index contributed by atoms with van der Waals surface area (Å²) in [7, 11) is 0. The number of nitrogens with zero attached hydrogens (tertiary/aromatic N) is 2. The minimum Gasteiger partial charge on any atom is -0.324 e. The molecule has 0 aliphatic rings. The van der Waals surface area contributed by atoms with Gasteiger partial charge >= 0.3 is 0 Å². The van der Waals surface area contributed by atoms with E-state index in [1.807, 2.05) is 29.5 Å². The first-order valence-corrected chi connectivity index (χ1v) is 8.52. The Labute approximate surface area is 137 Å². The van der Waals surface area contributed by atoms with Crippen LogP contribution in [0.5, 0.6) is 0 Å². The Kier molecular flexibility index (Phi) is 5.29. The summed E-state index contributed by atoms with van der Waals surface area (Å²) in [5.74, 6) is 0.641. The lowest BCUT2D eigenvalue weighted by Gasteiger charge is -2.20. The quantitative estimate of drug-likeness (QED) is 0.449. The number of alkyl halides is 1. The van der Waals surface area contributed by atoms with Crippen LogP contribution in [0, 0.1) is 9.39 Å². The lowest BCUT2D eigenvalue weighted by Crippen LogP contribution is -2.12. The fraction of sp³-hybridized carbons (Fsp3) is 0.533. The van der Waals surface area contributed by atoms with Crippen LogP contribution in [0.4, 0.5) is 4.39 Å². The molecule has 0 amide bonds. The summed E-state index contributed by atoms with van der Waals surface area (Å²) in [6.07, 6.45) is 3.12. The molecule has 110 valence electrons. The molecule has 0 radical (unpaired) electrons. The molecule has 0 aliphatic carbocycles. The van der Waals surface area contributed by atoms with Crippen molar-refractivity contribution in [2.45, 2.75) is 51.5 Å². The summed E-state index contributed by atoms with van der Waals surface area (Å²) in [6.45, 7) is 6.23. The van der Waals surface area contributed by atoms with Gasteiger partial charge in [0.1, 0.15) is 11.6 Å². The standard InChI is InChI=1S/C15H19ClFIN2/c1-4-6-10(5-2)20-14-7-11(17)12(18)8-13(14)19-15(20)9(3)16/h7-10H,4-6H2,1-3H3. The van der Waals surface area contributed by atoms with Crippen molar-refractivity contribution in [3.63, 3.8) is 0 Å². The van der Waals surface area contributed by atoms with E-state index in [4.69, 9.17) is 11.6 Å². The van der Waals surface area contributed by atoms with E-state index in [-0.39, 0.29) is 11.2 Å². The SMILES string of the molecule is CCCC(CC)n1c(C(C)Cl)nc2cc(I)c(F)cc21. The van der Waals surface area contributed by atoms with E-state index in [0.717, 1.165) is 36.1 Å². The molecule has 20 heavy (non-hydrogen) atoms. The first-order chi connectivity index (χ1) is 9.49. The molecule has 5 heteroatoms. The van der Waals surface area contributed by atoms with Crippen molar-refractivity contribution < 1.29 is 4.39 Å². The fourth-order valence-corrected chi connectivity index (χ4v) is 3.23. The Morgan fingerprint density at radius 2 is 2.10 bits per heavy atom. The molecule has 2 unspecified atom stereocenters. The van der Waals surface area contributed by atoms with Gasteiger partial charge in [0.15, 0.2) is 0 Å². The second kappa shape index (κ2) is 6.60. The van der Waals surface area contributed by atoms with Crippen LogP contribution in [0.3, 0.4) is 0 Å². The molecule has 1 heterocycles. The Hall–Kier alpha value is -0.360. The van der Waals surface area contributed by atoms with Gasteiger partial charge in [-0.1, -0.05) is 20.3 Å². The number of hydrogen-bond acceptors (Lipinski definition) is 1. The van der Waals surface area contributed by atoms with Gasteiger partial charge in [-0.25, -0.2) is 9.37 Å². The maximum absolute atomic E-state index is 13.9. The highest BCUT2D eigenvalue weighted by Crippen LogP contribution is 2.32. The molecule has 2 aromatic rings. The Morgan fingerprint density at radius 1 is 1.40 bits per heavy atom. The highest BCUT2D eigenvalue weighted by molar-refractivity contribution is 14.1. The van der Waals surface area contributed by atoms with Crippen molar-refractivity contribution in [3.05, 3.63) is 27.3 Å². The van der Waals surface area contributed by atoms with Crippen LogP contribution < -0.4 is 0 Å². The molecule has 0 aliphatic heterocycles. The average Bonchev–Trinajstić information content (AvgIpc) is 2.75. The van der Waals surface area contributed by atoms with Crippen molar-refractivity contribution in [2.24, 2.45) is 0 Å². The van der Waals surface area contributed by atoms with Crippen LogP contribution >= 0.6 is 34.2 Å². The first-order valence-electron chi connectivity index (χ1n) is 7.00. The van der Waals surface area contributed by atoms with Gasteiger partial charge in [0.25, 0.3) is 0 Å². The van der Waals surface area contributed by atoms with Gasteiger partial charge in [0.2, 0.25) is 0 Å². The van der Waals surface area contributed by atoms with E-state index in [1.54, 1.807) is 12.1 Å². The molecule has 2 rings (SSSR count). The third kappa shape index (κ3) is 2.96. The molecule has 0 spiro atoms. The number of rotatable bonds is 5. The van der Waals surface area contributed by atoms with Crippen LogP contribution in [0.15, 0.2) is 12.1 Å². The fourth-order valence-electron chi connectivity index (χ4n) is 2.62. The summed E-state index contributed by atoms with van der Waals surface area (Å²) in [6, 6.07) is 3.70. The minimum atomic E-state index is -0.195. The lowest BCUT2D eigenvalue weighted by molar-refractivity contribution is 0.443. The molecule has 2 nitrogen and oxygen atoms in total. The number of benzene rings is 1. The molecule has 1 aromatic carbocycles. The van der Waals surface area contributed by atoms with E-state index in [9.17, 15) is 4.39 Å². The van der Waals surface area contributed by atoms with E-state index in [2.05, 4.69) is 23.4 Å². The maximum Gasteiger partial charge on any atom is 0.138 e. The number of hydrogen-bond donors (Lipinski definition) is 0. The Morgan fingerprint density at radius 3 is 2.65 bits per heavy atom. The highest BCUT2D eigenvalue weighted by atomic mass is 127. The van der Waals surface area contributed by atoms with E-state index in [0.29, 0.717) is 9.61 Å². The third-order valence-corrected chi connectivity index (χ3v) is 4.59. The monoisotopic (exact) mass is 408 g/mol. The molecule has 0 N–H and O–H groups in total. The normalized spacial score (nSPS) is 14.7. The molecule has 2 atom stereocenters. The van der Waals surface area contributed by atoms with Gasteiger partial charge in [0.05, 0.1) is 20.0 Å². The highest BCUT2D eigenvalue weighted by Gasteiger charge is 2.21. The van der Waals surface area contributed by atoms with Gasteiger partial charge in [-0.3, -0.25) is 0 Å². The Bertz CT molecular complexity index is 609. The lowest BCUT2D eigenvalue weighted by atomic mass is 10.1. The number of imidazole rings is 1. The van der Waals surface area contributed by atoms with Crippen molar-refractivity contribution >= 4 is 45.2 Å². The van der Waals surface area contributed by atoms with Crippen molar-refractivity contribution in [3.8, 4) is 0 Å². The molecular formula is C15H19ClFIN2. The van der Waals surface area contributed by atoms with Crippen LogP contribution in [-0.4, -0.2) is 9.55 Å². The van der Waals surface area contributed by atoms with Gasteiger partial charge in [0, 0.05) is 12.1 Å². The van der Waals surface area contributed by atoms with Crippen LogP contribution in [0.2, 0.25) is 0 Å². The van der Waals surface area contributed by atoms with Crippen molar-refractivity contribution in [1.29, 1.82) is 0 Å². The number of halogens is 3. The summed E-state index contributed by atoms with van der Waals surface area (Å²) in [5.41, 5.74) is 1.68. The molecule has 0 fully saturated rings. The zero-order valence-electron chi connectivity index (χ0n) is 12.0. The molecule has 1 aromatic heterocycles. The first kappa shape index (κ1) is 16.0. The summed E-state index contributed by atoms with van der Waals surface area (Å²) in [4.78, 5) is 4.62. The smallest absolute Gasteiger partial charge is 0.138 e. The van der Waals surface area contributed by atoms with E-state index >= 15 is 0 Å². The summed E-state index contributed by atoms with van der Waals surface area (Å²) >= 11 is 8.28. The summed E-state index contributed by atoms with van der Waals surface area (Å²) < 4.78 is 16.6.